The zero-order valence-corrected chi connectivity index (χ0v) is 17.2. The molecule has 31 heavy (non-hydrogen) atoms. The SMILES string of the molecule is O=C(Cn1ncc(OCc2ccccc2)cc1=O)c1ccc2c(c1)CN(CCO)CC2. The Bertz CT molecular complexity index is 1110. The van der Waals surface area contributed by atoms with E-state index < -0.39 is 0 Å². The summed E-state index contributed by atoms with van der Waals surface area (Å²) in [6.45, 7) is 2.56. The van der Waals surface area contributed by atoms with Gasteiger partial charge in [0.15, 0.2) is 5.78 Å². The summed E-state index contributed by atoms with van der Waals surface area (Å²) >= 11 is 0. The van der Waals surface area contributed by atoms with Gasteiger partial charge in [-0.3, -0.25) is 14.5 Å². The molecule has 2 aromatic carbocycles. The predicted molar refractivity (Wildman–Crippen MR) is 116 cm³/mol. The summed E-state index contributed by atoms with van der Waals surface area (Å²) in [5.74, 6) is 0.199. The molecule has 0 radical (unpaired) electrons. The molecule has 0 atom stereocenters. The zero-order valence-electron chi connectivity index (χ0n) is 17.2. The minimum absolute atomic E-state index is 0.119. The predicted octanol–water partition coefficient (Wildman–Crippen LogP) is 2.06. The van der Waals surface area contributed by atoms with Gasteiger partial charge in [-0.15, -0.1) is 0 Å². The summed E-state index contributed by atoms with van der Waals surface area (Å²) in [5, 5.41) is 13.3. The number of aliphatic hydroxyl groups excluding tert-OH is 1. The van der Waals surface area contributed by atoms with E-state index in [4.69, 9.17) is 9.84 Å². The molecular weight excluding hydrogens is 394 g/mol. The van der Waals surface area contributed by atoms with Crippen molar-refractivity contribution < 1.29 is 14.6 Å². The molecule has 1 aliphatic heterocycles. The van der Waals surface area contributed by atoms with Crippen molar-refractivity contribution in [2.75, 3.05) is 19.7 Å². The molecule has 0 fully saturated rings. The van der Waals surface area contributed by atoms with E-state index >= 15 is 0 Å². The number of benzene rings is 2. The van der Waals surface area contributed by atoms with Crippen LogP contribution in [0.15, 0.2) is 65.6 Å². The lowest BCUT2D eigenvalue weighted by Crippen LogP contribution is -2.33. The first-order valence-corrected chi connectivity index (χ1v) is 10.3. The molecule has 7 heteroatoms. The number of carbonyl (C=O) groups excluding carboxylic acids is 1. The molecule has 4 rings (SSSR count). The van der Waals surface area contributed by atoms with E-state index in [-0.39, 0.29) is 24.5 Å². The lowest BCUT2D eigenvalue weighted by atomic mass is 9.96. The van der Waals surface area contributed by atoms with Crippen molar-refractivity contribution in [3.05, 3.63) is 93.4 Å². The third-order valence-corrected chi connectivity index (χ3v) is 5.42. The number of rotatable bonds is 8. The lowest BCUT2D eigenvalue weighted by Gasteiger charge is -2.28. The third kappa shape index (κ3) is 5.25. The molecule has 0 bridgehead atoms. The monoisotopic (exact) mass is 419 g/mol. The number of aromatic nitrogens is 2. The van der Waals surface area contributed by atoms with E-state index in [2.05, 4.69) is 10.00 Å². The molecule has 0 aliphatic carbocycles. The molecule has 7 nitrogen and oxygen atoms in total. The number of nitrogens with zero attached hydrogens (tertiary/aromatic N) is 3. The minimum Gasteiger partial charge on any atom is -0.487 e. The molecule has 0 spiro atoms. The maximum absolute atomic E-state index is 12.8. The second kappa shape index (κ2) is 9.68. The number of ketones is 1. The third-order valence-electron chi connectivity index (χ3n) is 5.42. The van der Waals surface area contributed by atoms with Crippen LogP contribution in [0.2, 0.25) is 0 Å². The van der Waals surface area contributed by atoms with Gasteiger partial charge in [-0.2, -0.15) is 5.10 Å². The molecule has 3 aromatic rings. The number of aliphatic hydroxyl groups is 1. The van der Waals surface area contributed by atoms with Crippen LogP contribution in [0.3, 0.4) is 0 Å². The van der Waals surface area contributed by atoms with Crippen molar-refractivity contribution in [3.8, 4) is 5.75 Å². The quantitative estimate of drug-likeness (QED) is 0.563. The van der Waals surface area contributed by atoms with Crippen LogP contribution in [0, 0.1) is 0 Å². The van der Waals surface area contributed by atoms with Gasteiger partial charge in [0.2, 0.25) is 0 Å². The first-order chi connectivity index (χ1) is 15.1. The van der Waals surface area contributed by atoms with Crippen molar-refractivity contribution in [2.45, 2.75) is 26.1 Å². The van der Waals surface area contributed by atoms with Crippen molar-refractivity contribution in [1.82, 2.24) is 14.7 Å². The summed E-state index contributed by atoms with van der Waals surface area (Å²) in [4.78, 5) is 27.3. The van der Waals surface area contributed by atoms with Gasteiger partial charge >= 0.3 is 0 Å². The summed E-state index contributed by atoms with van der Waals surface area (Å²) in [6.07, 6.45) is 2.35. The Morgan fingerprint density at radius 2 is 1.94 bits per heavy atom. The van der Waals surface area contributed by atoms with E-state index in [9.17, 15) is 9.59 Å². The maximum Gasteiger partial charge on any atom is 0.270 e. The number of Topliss-reactive ketones (excluding diaryl/α,β-unsaturated/α-hetero) is 1. The largest absolute Gasteiger partial charge is 0.487 e. The van der Waals surface area contributed by atoms with Gasteiger partial charge < -0.3 is 9.84 Å². The van der Waals surface area contributed by atoms with Crippen LogP contribution >= 0.6 is 0 Å². The molecule has 1 aliphatic rings. The van der Waals surface area contributed by atoms with Gasteiger partial charge in [0.1, 0.15) is 18.9 Å². The van der Waals surface area contributed by atoms with E-state index in [0.717, 1.165) is 28.8 Å². The maximum atomic E-state index is 12.8. The highest BCUT2D eigenvalue weighted by Gasteiger charge is 2.18. The molecule has 0 amide bonds. The first-order valence-electron chi connectivity index (χ1n) is 10.3. The van der Waals surface area contributed by atoms with Crippen LogP contribution in [0.1, 0.15) is 27.0 Å². The average molecular weight is 419 g/mol. The fourth-order valence-corrected chi connectivity index (χ4v) is 3.70. The van der Waals surface area contributed by atoms with Crippen LogP contribution in [-0.4, -0.2) is 45.3 Å². The molecule has 1 aromatic heterocycles. The Labute approximate surface area is 180 Å². The Kier molecular flexibility index (Phi) is 6.54. The van der Waals surface area contributed by atoms with E-state index in [1.165, 1.54) is 17.8 Å². The highest BCUT2D eigenvalue weighted by molar-refractivity contribution is 5.96. The minimum atomic E-state index is -0.383. The fourth-order valence-electron chi connectivity index (χ4n) is 3.70. The van der Waals surface area contributed by atoms with Crippen molar-refractivity contribution in [3.63, 3.8) is 0 Å². The molecule has 0 saturated carbocycles. The van der Waals surface area contributed by atoms with Crippen LogP contribution in [-0.2, 0) is 26.1 Å². The zero-order chi connectivity index (χ0) is 21.6. The van der Waals surface area contributed by atoms with Crippen LogP contribution in [0.5, 0.6) is 5.75 Å². The van der Waals surface area contributed by atoms with Gasteiger partial charge in [0.05, 0.1) is 12.8 Å². The molecule has 0 saturated heterocycles. The molecular formula is C24H25N3O4. The molecule has 2 heterocycles. The highest BCUT2D eigenvalue weighted by Crippen LogP contribution is 2.20. The number of hydrogen-bond acceptors (Lipinski definition) is 6. The molecule has 1 N–H and O–H groups in total. The van der Waals surface area contributed by atoms with Crippen LogP contribution < -0.4 is 10.3 Å². The van der Waals surface area contributed by atoms with Gasteiger partial charge in [0.25, 0.3) is 5.56 Å². The van der Waals surface area contributed by atoms with E-state index in [1.807, 2.05) is 48.5 Å². The Morgan fingerprint density at radius 3 is 2.71 bits per heavy atom. The summed E-state index contributed by atoms with van der Waals surface area (Å²) < 4.78 is 6.77. The Balaban J connectivity index is 1.41. The van der Waals surface area contributed by atoms with Crippen LogP contribution in [0.25, 0.3) is 0 Å². The normalized spacial score (nSPS) is 13.6. The highest BCUT2D eigenvalue weighted by atomic mass is 16.5. The number of carbonyl (C=O) groups is 1. The average Bonchev–Trinajstić information content (AvgIpc) is 2.79. The number of β-amino-alcohol motifs (C(OH)–C–C–N with tert-alkyl or cyclic N) is 1. The first kappa shape index (κ1) is 21.0. The van der Waals surface area contributed by atoms with E-state index in [0.29, 0.717) is 31.0 Å². The Hall–Kier alpha value is -3.29. The molecule has 0 unspecified atom stereocenters. The second-order valence-electron chi connectivity index (χ2n) is 7.62. The summed E-state index contributed by atoms with van der Waals surface area (Å²) in [7, 11) is 0. The standard InChI is InChI=1S/C24H25N3O4/c28-11-10-26-9-8-19-6-7-20(12-21(19)15-26)23(29)16-27-24(30)13-22(14-25-27)31-17-18-4-2-1-3-5-18/h1-7,12-14,28H,8-11,15-17H2. The van der Waals surface area contributed by atoms with Gasteiger partial charge in [-0.25, -0.2) is 4.68 Å². The smallest absolute Gasteiger partial charge is 0.270 e. The lowest BCUT2D eigenvalue weighted by molar-refractivity contribution is 0.0965. The van der Waals surface area contributed by atoms with Crippen molar-refractivity contribution >= 4 is 5.78 Å². The van der Waals surface area contributed by atoms with Gasteiger partial charge in [-0.05, 0) is 29.2 Å². The second-order valence-corrected chi connectivity index (χ2v) is 7.62. The Morgan fingerprint density at radius 1 is 1.10 bits per heavy atom. The topological polar surface area (TPSA) is 84.7 Å². The van der Waals surface area contributed by atoms with Crippen LogP contribution in [0.4, 0.5) is 0 Å². The van der Waals surface area contributed by atoms with Crippen molar-refractivity contribution in [1.29, 1.82) is 0 Å². The van der Waals surface area contributed by atoms with Crippen molar-refractivity contribution in [2.24, 2.45) is 0 Å². The molecule has 160 valence electrons. The fraction of sp³-hybridized carbons (Fsp3) is 0.292. The number of ether oxygens (including phenoxy) is 1. The number of fused-ring (bicyclic) bond motifs is 1. The van der Waals surface area contributed by atoms with Gasteiger partial charge in [0, 0.05) is 31.3 Å². The van der Waals surface area contributed by atoms with E-state index in [1.54, 1.807) is 0 Å². The number of hydrogen-bond donors (Lipinski definition) is 1. The van der Waals surface area contributed by atoms with Gasteiger partial charge in [-0.1, -0.05) is 42.5 Å². The summed E-state index contributed by atoms with van der Waals surface area (Å²) in [6, 6.07) is 16.7. The summed E-state index contributed by atoms with van der Waals surface area (Å²) in [5.41, 5.74) is 3.48.